The van der Waals surface area contributed by atoms with Crippen LogP contribution in [0.25, 0.3) is 0 Å². The molecule has 100 valence electrons. The first-order valence-electron chi connectivity index (χ1n) is 6.16. The number of likely N-dealkylation sites (tertiary alicyclic amines) is 1. The normalized spacial score (nSPS) is 20.4. The van der Waals surface area contributed by atoms with Gasteiger partial charge in [0.2, 0.25) is 5.91 Å². The quantitative estimate of drug-likeness (QED) is 0.702. The smallest absolute Gasteiger partial charge is 0.222 e. The van der Waals surface area contributed by atoms with E-state index in [-0.39, 0.29) is 12.5 Å². The van der Waals surface area contributed by atoms with Crippen LogP contribution in [0, 0.1) is 0 Å². The molecule has 1 atom stereocenters. The standard InChI is InChI=1S/C11H19N5O2/c1-15-7-9(2-3-11(15)18)12-6-10-8-16(4-5-17)14-13-10/h8-9,12,17H,2-7H2,1H3. The zero-order valence-corrected chi connectivity index (χ0v) is 10.5. The lowest BCUT2D eigenvalue weighted by Crippen LogP contribution is -2.46. The van der Waals surface area contributed by atoms with Crippen molar-refractivity contribution >= 4 is 5.91 Å². The third-order valence-electron chi connectivity index (χ3n) is 3.11. The highest BCUT2D eigenvalue weighted by Gasteiger charge is 2.22. The van der Waals surface area contributed by atoms with Crippen molar-refractivity contribution in [3.8, 4) is 0 Å². The Kier molecular flexibility index (Phi) is 4.27. The molecule has 1 amide bonds. The fourth-order valence-corrected chi connectivity index (χ4v) is 2.06. The second-order valence-electron chi connectivity index (χ2n) is 4.59. The van der Waals surface area contributed by atoms with Gasteiger partial charge in [0.15, 0.2) is 0 Å². The van der Waals surface area contributed by atoms with E-state index in [4.69, 9.17) is 5.11 Å². The van der Waals surface area contributed by atoms with Crippen LogP contribution in [0.15, 0.2) is 6.20 Å². The van der Waals surface area contributed by atoms with Gasteiger partial charge in [0.05, 0.1) is 18.8 Å². The molecule has 1 aromatic rings. The zero-order chi connectivity index (χ0) is 13.0. The molecule has 0 aliphatic carbocycles. The van der Waals surface area contributed by atoms with Gasteiger partial charge >= 0.3 is 0 Å². The molecule has 0 radical (unpaired) electrons. The molecule has 1 aromatic heterocycles. The Balaban J connectivity index is 1.78. The molecule has 1 aliphatic heterocycles. The molecule has 1 saturated heterocycles. The zero-order valence-electron chi connectivity index (χ0n) is 10.5. The summed E-state index contributed by atoms with van der Waals surface area (Å²) in [4.78, 5) is 13.1. The first-order valence-corrected chi connectivity index (χ1v) is 6.16. The minimum atomic E-state index is 0.0613. The number of carbonyl (C=O) groups excluding carboxylic acids is 1. The minimum Gasteiger partial charge on any atom is -0.394 e. The molecule has 7 heteroatoms. The number of hydrogen-bond acceptors (Lipinski definition) is 5. The molecule has 1 aliphatic rings. The van der Waals surface area contributed by atoms with E-state index in [0.717, 1.165) is 18.7 Å². The van der Waals surface area contributed by atoms with Gasteiger partial charge in [0.1, 0.15) is 0 Å². The molecule has 0 aromatic carbocycles. The van der Waals surface area contributed by atoms with Gasteiger partial charge in [0.25, 0.3) is 0 Å². The molecule has 18 heavy (non-hydrogen) atoms. The van der Waals surface area contributed by atoms with Gasteiger partial charge in [0, 0.05) is 38.8 Å². The van der Waals surface area contributed by atoms with Crippen molar-refractivity contribution in [3.63, 3.8) is 0 Å². The highest BCUT2D eigenvalue weighted by molar-refractivity contribution is 5.76. The summed E-state index contributed by atoms with van der Waals surface area (Å²) >= 11 is 0. The maximum absolute atomic E-state index is 11.3. The Morgan fingerprint density at radius 2 is 2.44 bits per heavy atom. The monoisotopic (exact) mass is 253 g/mol. The molecule has 2 heterocycles. The number of amides is 1. The molecule has 0 bridgehead atoms. The lowest BCUT2D eigenvalue weighted by Gasteiger charge is -2.30. The Hall–Kier alpha value is -1.47. The summed E-state index contributed by atoms with van der Waals surface area (Å²) in [5.41, 5.74) is 0.850. The number of hydrogen-bond donors (Lipinski definition) is 2. The van der Waals surface area contributed by atoms with Gasteiger partial charge in [-0.3, -0.25) is 4.79 Å². The third-order valence-corrected chi connectivity index (χ3v) is 3.11. The number of nitrogens with zero attached hydrogens (tertiary/aromatic N) is 4. The van der Waals surface area contributed by atoms with Crippen LogP contribution in [0.3, 0.4) is 0 Å². The summed E-state index contributed by atoms with van der Waals surface area (Å²) in [5, 5.41) is 20.1. The van der Waals surface area contributed by atoms with Crippen LogP contribution in [0.4, 0.5) is 0 Å². The first kappa shape index (κ1) is 13.0. The predicted octanol–water partition coefficient (Wildman–Crippen LogP) is -1.02. The number of piperidine rings is 1. The average Bonchev–Trinajstić information content (AvgIpc) is 2.79. The van der Waals surface area contributed by atoms with Crippen molar-refractivity contribution in [2.45, 2.75) is 32.0 Å². The van der Waals surface area contributed by atoms with E-state index >= 15 is 0 Å². The fourth-order valence-electron chi connectivity index (χ4n) is 2.06. The molecule has 0 saturated carbocycles. The van der Waals surface area contributed by atoms with E-state index < -0.39 is 0 Å². The van der Waals surface area contributed by atoms with E-state index in [1.165, 1.54) is 0 Å². The highest BCUT2D eigenvalue weighted by Crippen LogP contribution is 2.10. The summed E-state index contributed by atoms with van der Waals surface area (Å²) in [6.07, 6.45) is 3.29. The number of aromatic nitrogens is 3. The van der Waals surface area contributed by atoms with Gasteiger partial charge in [-0.05, 0) is 6.42 Å². The molecular weight excluding hydrogens is 234 g/mol. The van der Waals surface area contributed by atoms with E-state index in [1.54, 1.807) is 9.58 Å². The summed E-state index contributed by atoms with van der Waals surface area (Å²) in [6, 6.07) is 0.315. The van der Waals surface area contributed by atoms with Crippen LogP contribution in [-0.2, 0) is 17.9 Å². The predicted molar refractivity (Wildman–Crippen MR) is 64.6 cm³/mol. The van der Waals surface area contributed by atoms with Crippen molar-refractivity contribution in [2.24, 2.45) is 0 Å². The maximum atomic E-state index is 11.3. The number of nitrogens with one attached hydrogen (secondary N) is 1. The summed E-state index contributed by atoms with van der Waals surface area (Å²) in [5.74, 6) is 0.210. The van der Waals surface area contributed by atoms with E-state index in [9.17, 15) is 4.79 Å². The lowest BCUT2D eigenvalue weighted by molar-refractivity contribution is -0.132. The average molecular weight is 253 g/mol. The van der Waals surface area contributed by atoms with Crippen LogP contribution in [0.5, 0.6) is 0 Å². The summed E-state index contributed by atoms with van der Waals surface area (Å²) < 4.78 is 1.62. The number of likely N-dealkylation sites (N-methyl/N-ethyl adjacent to an activating group) is 1. The summed E-state index contributed by atoms with van der Waals surface area (Å²) in [6.45, 7) is 1.90. The number of rotatable bonds is 5. The van der Waals surface area contributed by atoms with Crippen LogP contribution in [0.1, 0.15) is 18.5 Å². The Labute approximate surface area is 106 Å². The Bertz CT molecular complexity index is 406. The molecule has 1 unspecified atom stereocenters. The lowest BCUT2D eigenvalue weighted by atomic mass is 10.1. The first-order chi connectivity index (χ1) is 8.69. The number of carbonyl (C=O) groups is 1. The van der Waals surface area contributed by atoms with Crippen molar-refractivity contribution in [1.29, 1.82) is 0 Å². The van der Waals surface area contributed by atoms with Crippen LogP contribution in [-0.4, -0.2) is 57.1 Å². The topological polar surface area (TPSA) is 83.3 Å². The van der Waals surface area contributed by atoms with E-state index in [2.05, 4.69) is 15.6 Å². The number of aliphatic hydroxyl groups excluding tert-OH is 1. The highest BCUT2D eigenvalue weighted by atomic mass is 16.3. The molecule has 0 spiro atoms. The minimum absolute atomic E-state index is 0.0613. The van der Waals surface area contributed by atoms with Crippen molar-refractivity contribution in [1.82, 2.24) is 25.2 Å². The van der Waals surface area contributed by atoms with Crippen LogP contribution < -0.4 is 5.32 Å². The second kappa shape index (κ2) is 5.92. The van der Waals surface area contributed by atoms with Gasteiger partial charge in [-0.15, -0.1) is 5.10 Å². The Morgan fingerprint density at radius 3 is 3.17 bits per heavy atom. The van der Waals surface area contributed by atoms with Gasteiger partial charge in [-0.2, -0.15) is 0 Å². The van der Waals surface area contributed by atoms with Gasteiger partial charge < -0.3 is 15.3 Å². The van der Waals surface area contributed by atoms with Gasteiger partial charge in [-0.1, -0.05) is 5.21 Å². The van der Waals surface area contributed by atoms with Crippen LogP contribution >= 0.6 is 0 Å². The van der Waals surface area contributed by atoms with Crippen molar-refractivity contribution < 1.29 is 9.90 Å². The summed E-state index contributed by atoms with van der Waals surface area (Å²) in [7, 11) is 1.83. The third kappa shape index (κ3) is 3.27. The second-order valence-corrected chi connectivity index (χ2v) is 4.59. The number of aliphatic hydroxyl groups is 1. The Morgan fingerprint density at radius 1 is 1.61 bits per heavy atom. The largest absolute Gasteiger partial charge is 0.394 e. The fraction of sp³-hybridized carbons (Fsp3) is 0.727. The van der Waals surface area contributed by atoms with Crippen molar-refractivity contribution in [2.75, 3.05) is 20.2 Å². The molecule has 2 rings (SSSR count). The molecule has 7 nitrogen and oxygen atoms in total. The van der Waals surface area contributed by atoms with E-state index in [0.29, 0.717) is 25.6 Å². The van der Waals surface area contributed by atoms with Crippen molar-refractivity contribution in [3.05, 3.63) is 11.9 Å². The van der Waals surface area contributed by atoms with E-state index in [1.807, 2.05) is 13.2 Å². The van der Waals surface area contributed by atoms with Crippen LogP contribution in [0.2, 0.25) is 0 Å². The molecule has 2 N–H and O–H groups in total. The molecular formula is C11H19N5O2. The maximum Gasteiger partial charge on any atom is 0.222 e. The molecule has 1 fully saturated rings. The SMILES string of the molecule is CN1CC(NCc2cn(CCO)nn2)CCC1=O. The van der Waals surface area contributed by atoms with Gasteiger partial charge in [-0.25, -0.2) is 4.68 Å².